The standard InChI is InChI=1S/C13H22N4O2/c1-17-5-6-18-9-10(8-17)7-14-13-16-15-12(19-13)11-3-2-4-11/h10-11H,2-9H2,1H3,(H,14,16)/t10-/m1/s1. The van der Waals surface area contributed by atoms with Gasteiger partial charge in [0.25, 0.3) is 0 Å². The molecule has 6 nitrogen and oxygen atoms in total. The van der Waals surface area contributed by atoms with Crippen LogP contribution in [-0.2, 0) is 4.74 Å². The summed E-state index contributed by atoms with van der Waals surface area (Å²) in [6.07, 6.45) is 3.65. The molecule has 3 rings (SSSR count). The summed E-state index contributed by atoms with van der Waals surface area (Å²) < 4.78 is 11.2. The number of nitrogens with zero attached hydrogens (tertiary/aromatic N) is 3. The molecular weight excluding hydrogens is 244 g/mol. The van der Waals surface area contributed by atoms with Crippen LogP contribution in [0.3, 0.4) is 0 Å². The van der Waals surface area contributed by atoms with Gasteiger partial charge in [-0.3, -0.25) is 0 Å². The number of anilines is 1. The summed E-state index contributed by atoms with van der Waals surface area (Å²) in [6.45, 7) is 4.47. The van der Waals surface area contributed by atoms with Crippen LogP contribution >= 0.6 is 0 Å². The summed E-state index contributed by atoms with van der Waals surface area (Å²) in [5, 5.41) is 11.4. The Labute approximate surface area is 113 Å². The zero-order valence-corrected chi connectivity index (χ0v) is 11.5. The Morgan fingerprint density at radius 1 is 1.37 bits per heavy atom. The topological polar surface area (TPSA) is 63.4 Å². The lowest BCUT2D eigenvalue weighted by atomic mass is 9.85. The molecule has 2 aliphatic rings. The van der Waals surface area contributed by atoms with Gasteiger partial charge in [0.2, 0.25) is 5.89 Å². The van der Waals surface area contributed by atoms with Gasteiger partial charge in [0.1, 0.15) is 0 Å². The molecule has 0 bridgehead atoms. The number of ether oxygens (including phenoxy) is 1. The lowest BCUT2D eigenvalue weighted by Gasteiger charge is -2.20. The smallest absolute Gasteiger partial charge is 0.315 e. The van der Waals surface area contributed by atoms with Crippen molar-refractivity contribution < 1.29 is 9.15 Å². The molecule has 6 heteroatoms. The average molecular weight is 266 g/mol. The maximum Gasteiger partial charge on any atom is 0.315 e. The highest BCUT2D eigenvalue weighted by molar-refractivity contribution is 5.18. The fourth-order valence-corrected chi connectivity index (χ4v) is 2.54. The number of nitrogens with one attached hydrogen (secondary N) is 1. The van der Waals surface area contributed by atoms with E-state index in [1.165, 1.54) is 19.3 Å². The molecule has 1 atom stereocenters. The van der Waals surface area contributed by atoms with Crippen LogP contribution in [0.2, 0.25) is 0 Å². The largest absolute Gasteiger partial charge is 0.408 e. The molecule has 0 radical (unpaired) electrons. The highest BCUT2D eigenvalue weighted by Gasteiger charge is 2.25. The molecule has 1 N–H and O–H groups in total. The molecule has 0 spiro atoms. The van der Waals surface area contributed by atoms with Crippen molar-refractivity contribution in [2.75, 3.05) is 45.2 Å². The molecular formula is C13H22N4O2. The van der Waals surface area contributed by atoms with Gasteiger partial charge in [-0.2, -0.15) is 0 Å². The highest BCUT2D eigenvalue weighted by Crippen LogP contribution is 2.35. The fraction of sp³-hybridized carbons (Fsp3) is 0.846. The number of rotatable bonds is 4. The van der Waals surface area contributed by atoms with E-state index in [-0.39, 0.29) is 0 Å². The van der Waals surface area contributed by atoms with Gasteiger partial charge in [0.05, 0.1) is 13.2 Å². The van der Waals surface area contributed by atoms with Crippen molar-refractivity contribution >= 4 is 6.01 Å². The van der Waals surface area contributed by atoms with Crippen molar-refractivity contribution in [2.45, 2.75) is 25.2 Å². The van der Waals surface area contributed by atoms with E-state index >= 15 is 0 Å². The predicted molar refractivity (Wildman–Crippen MR) is 71.2 cm³/mol. The molecule has 1 aromatic heterocycles. The summed E-state index contributed by atoms with van der Waals surface area (Å²) in [5.74, 6) is 1.75. The lowest BCUT2D eigenvalue weighted by molar-refractivity contribution is 0.125. The quantitative estimate of drug-likeness (QED) is 0.887. The van der Waals surface area contributed by atoms with Gasteiger partial charge in [-0.05, 0) is 19.9 Å². The molecule has 2 heterocycles. The Bertz CT molecular complexity index is 405. The van der Waals surface area contributed by atoms with Crippen LogP contribution in [0.4, 0.5) is 6.01 Å². The van der Waals surface area contributed by atoms with E-state index in [0.717, 1.165) is 38.7 Å². The first-order valence-corrected chi connectivity index (χ1v) is 7.15. The molecule has 1 saturated carbocycles. The molecule has 2 fully saturated rings. The van der Waals surface area contributed by atoms with Gasteiger partial charge < -0.3 is 19.4 Å². The predicted octanol–water partition coefficient (Wildman–Crippen LogP) is 1.33. The molecule has 1 saturated heterocycles. The summed E-state index contributed by atoms with van der Waals surface area (Å²) in [5.41, 5.74) is 0. The third kappa shape index (κ3) is 3.25. The van der Waals surface area contributed by atoms with E-state index in [9.17, 15) is 0 Å². The third-order valence-electron chi connectivity index (χ3n) is 3.98. The van der Waals surface area contributed by atoms with Crippen LogP contribution in [0.1, 0.15) is 31.1 Å². The zero-order valence-electron chi connectivity index (χ0n) is 11.5. The Morgan fingerprint density at radius 2 is 2.26 bits per heavy atom. The van der Waals surface area contributed by atoms with E-state index < -0.39 is 0 Å². The van der Waals surface area contributed by atoms with Crippen molar-refractivity contribution in [1.82, 2.24) is 15.1 Å². The molecule has 0 unspecified atom stereocenters. The van der Waals surface area contributed by atoms with Gasteiger partial charge in [0.15, 0.2) is 0 Å². The van der Waals surface area contributed by atoms with E-state index in [2.05, 4.69) is 27.5 Å². The normalized spacial score (nSPS) is 25.8. The van der Waals surface area contributed by atoms with Crippen LogP contribution in [0.5, 0.6) is 0 Å². The monoisotopic (exact) mass is 266 g/mol. The minimum absolute atomic E-state index is 0.464. The number of hydrogen-bond acceptors (Lipinski definition) is 6. The van der Waals surface area contributed by atoms with Crippen LogP contribution < -0.4 is 5.32 Å². The first kappa shape index (κ1) is 12.9. The van der Waals surface area contributed by atoms with Crippen LogP contribution in [0.15, 0.2) is 4.42 Å². The number of aromatic nitrogens is 2. The van der Waals surface area contributed by atoms with Crippen LogP contribution in [0, 0.1) is 5.92 Å². The van der Waals surface area contributed by atoms with Crippen molar-refractivity contribution in [3.05, 3.63) is 5.89 Å². The van der Waals surface area contributed by atoms with E-state index in [1.54, 1.807) is 0 Å². The van der Waals surface area contributed by atoms with E-state index in [4.69, 9.17) is 9.15 Å². The Morgan fingerprint density at radius 3 is 3.05 bits per heavy atom. The minimum atomic E-state index is 0.464. The molecule has 0 aromatic carbocycles. The summed E-state index contributed by atoms with van der Waals surface area (Å²) >= 11 is 0. The highest BCUT2D eigenvalue weighted by atomic mass is 16.5. The van der Waals surface area contributed by atoms with Crippen molar-refractivity contribution in [3.63, 3.8) is 0 Å². The zero-order chi connectivity index (χ0) is 13.1. The minimum Gasteiger partial charge on any atom is -0.408 e. The van der Waals surface area contributed by atoms with Gasteiger partial charge >= 0.3 is 6.01 Å². The lowest BCUT2D eigenvalue weighted by Crippen LogP contribution is -2.30. The van der Waals surface area contributed by atoms with Crippen LogP contribution in [0.25, 0.3) is 0 Å². The maximum absolute atomic E-state index is 5.65. The Balaban J connectivity index is 1.49. The Hall–Kier alpha value is -1.14. The SMILES string of the molecule is CN1CCOC[C@H](CNc2nnc(C3CCC3)o2)C1. The maximum atomic E-state index is 5.65. The summed E-state index contributed by atoms with van der Waals surface area (Å²) in [4.78, 5) is 2.30. The van der Waals surface area contributed by atoms with Gasteiger partial charge in [-0.15, -0.1) is 5.10 Å². The van der Waals surface area contributed by atoms with Crippen molar-refractivity contribution in [2.24, 2.45) is 5.92 Å². The van der Waals surface area contributed by atoms with Crippen LogP contribution in [-0.4, -0.2) is 55.0 Å². The fourth-order valence-electron chi connectivity index (χ4n) is 2.54. The molecule has 1 aliphatic heterocycles. The first-order chi connectivity index (χ1) is 9.31. The first-order valence-electron chi connectivity index (χ1n) is 7.15. The van der Waals surface area contributed by atoms with Gasteiger partial charge in [-0.25, -0.2) is 0 Å². The second-order valence-electron chi connectivity index (χ2n) is 5.66. The third-order valence-corrected chi connectivity index (χ3v) is 3.98. The van der Waals surface area contributed by atoms with Gasteiger partial charge in [0, 0.05) is 31.5 Å². The van der Waals surface area contributed by atoms with E-state index in [0.29, 0.717) is 17.9 Å². The second-order valence-corrected chi connectivity index (χ2v) is 5.66. The second kappa shape index (κ2) is 5.88. The molecule has 106 valence electrons. The number of hydrogen-bond donors (Lipinski definition) is 1. The molecule has 0 amide bonds. The molecule has 1 aliphatic carbocycles. The Kier molecular flexibility index (Phi) is 3.98. The molecule has 1 aromatic rings. The summed E-state index contributed by atoms with van der Waals surface area (Å²) in [6, 6.07) is 0.550. The molecule has 19 heavy (non-hydrogen) atoms. The van der Waals surface area contributed by atoms with E-state index in [1.807, 2.05) is 0 Å². The van der Waals surface area contributed by atoms with Crippen molar-refractivity contribution in [3.8, 4) is 0 Å². The average Bonchev–Trinajstić information content (AvgIpc) is 2.67. The van der Waals surface area contributed by atoms with Gasteiger partial charge in [-0.1, -0.05) is 11.5 Å². The summed E-state index contributed by atoms with van der Waals surface area (Å²) in [7, 11) is 2.13. The van der Waals surface area contributed by atoms with Crippen molar-refractivity contribution in [1.29, 1.82) is 0 Å². The number of likely N-dealkylation sites (N-methyl/N-ethyl adjacent to an activating group) is 1.